The van der Waals surface area contributed by atoms with Crippen molar-refractivity contribution in [3.8, 4) is 6.07 Å². The molecule has 6 heteroatoms. The number of nitrogens with zero attached hydrogens (tertiary/aromatic N) is 1. The van der Waals surface area contributed by atoms with E-state index < -0.39 is 12.4 Å². The maximum atomic E-state index is 12.7. The fourth-order valence-corrected chi connectivity index (χ4v) is 1.89. The van der Waals surface area contributed by atoms with Crippen molar-refractivity contribution in [3.63, 3.8) is 0 Å². The monoisotopic (exact) mass is 351 g/mol. The second-order valence-electron chi connectivity index (χ2n) is 3.06. The molecule has 0 atom stereocenters. The maximum Gasteiger partial charge on any atom is 0.338 e. The van der Waals surface area contributed by atoms with Crippen LogP contribution in [0.1, 0.15) is 34.8 Å². The largest absolute Gasteiger partial charge is 0.462 e. The lowest BCUT2D eigenvalue weighted by atomic mass is 10.1. The molecule has 0 saturated heterocycles. The highest BCUT2D eigenvalue weighted by Gasteiger charge is 2.19. The predicted molar refractivity (Wildman–Crippen MR) is 64.8 cm³/mol. The van der Waals surface area contributed by atoms with Crippen molar-refractivity contribution in [1.29, 1.82) is 5.26 Å². The molecule has 90 valence electrons. The van der Waals surface area contributed by atoms with Crippen LogP contribution < -0.4 is 0 Å². The van der Waals surface area contributed by atoms with Gasteiger partial charge in [-0.15, -0.1) is 0 Å². The zero-order valence-corrected chi connectivity index (χ0v) is 11.0. The Morgan fingerprint density at radius 2 is 2.24 bits per heavy atom. The number of hydrogen-bond donors (Lipinski definition) is 0. The van der Waals surface area contributed by atoms with Crippen LogP contribution in [0.2, 0.25) is 0 Å². The molecule has 0 aliphatic carbocycles. The van der Waals surface area contributed by atoms with Crippen molar-refractivity contribution < 1.29 is 18.3 Å². The number of esters is 1. The van der Waals surface area contributed by atoms with E-state index >= 15 is 0 Å². The van der Waals surface area contributed by atoms with Gasteiger partial charge < -0.3 is 4.74 Å². The number of carbonyl (C=O) groups is 1. The molecule has 0 aliphatic rings. The van der Waals surface area contributed by atoms with E-state index in [1.807, 2.05) is 0 Å². The topological polar surface area (TPSA) is 50.1 Å². The Morgan fingerprint density at radius 3 is 2.71 bits per heavy atom. The summed E-state index contributed by atoms with van der Waals surface area (Å²) in [5.41, 5.74) is -0.307. The molecular weight excluding hydrogens is 343 g/mol. The fraction of sp³-hybridized carbons (Fsp3) is 0.273. The van der Waals surface area contributed by atoms with Gasteiger partial charge in [0.25, 0.3) is 6.43 Å². The van der Waals surface area contributed by atoms with Crippen LogP contribution in [0.5, 0.6) is 0 Å². The minimum atomic E-state index is -2.73. The van der Waals surface area contributed by atoms with Crippen LogP contribution >= 0.6 is 22.6 Å². The van der Waals surface area contributed by atoms with Crippen LogP contribution in [0.25, 0.3) is 0 Å². The summed E-state index contributed by atoms with van der Waals surface area (Å²) in [5, 5.41) is 8.81. The summed E-state index contributed by atoms with van der Waals surface area (Å²) in [4.78, 5) is 11.4. The standard InChI is InChI=1S/C11H8F2INO2/c1-2-17-11(16)6-3-7(5-15)9(14)8(4-6)10(12)13/h3-4,10H,2H2,1H3. The minimum absolute atomic E-state index is 0.0286. The van der Waals surface area contributed by atoms with Gasteiger partial charge >= 0.3 is 5.97 Å². The van der Waals surface area contributed by atoms with Gasteiger partial charge in [-0.3, -0.25) is 0 Å². The Morgan fingerprint density at radius 1 is 1.59 bits per heavy atom. The van der Waals surface area contributed by atoms with Crippen LogP contribution in [0.4, 0.5) is 8.78 Å². The van der Waals surface area contributed by atoms with Gasteiger partial charge in [0.15, 0.2) is 0 Å². The van der Waals surface area contributed by atoms with E-state index in [4.69, 9.17) is 10.00 Å². The van der Waals surface area contributed by atoms with Crippen LogP contribution in [0.3, 0.4) is 0 Å². The zero-order chi connectivity index (χ0) is 13.0. The van der Waals surface area contributed by atoms with Gasteiger partial charge in [0.05, 0.1) is 17.7 Å². The Labute approximate surface area is 111 Å². The number of hydrogen-bond acceptors (Lipinski definition) is 3. The van der Waals surface area contributed by atoms with Crippen molar-refractivity contribution in [3.05, 3.63) is 32.4 Å². The second-order valence-corrected chi connectivity index (χ2v) is 4.14. The molecule has 0 unspecified atom stereocenters. The first kappa shape index (κ1) is 13.8. The summed E-state index contributed by atoms with van der Waals surface area (Å²) in [5.74, 6) is -0.706. The zero-order valence-electron chi connectivity index (χ0n) is 8.84. The highest BCUT2D eigenvalue weighted by molar-refractivity contribution is 14.1. The molecular formula is C11H8F2INO2. The first-order valence-electron chi connectivity index (χ1n) is 4.70. The van der Waals surface area contributed by atoms with E-state index in [0.29, 0.717) is 0 Å². The van der Waals surface area contributed by atoms with Gasteiger partial charge in [0, 0.05) is 9.13 Å². The lowest BCUT2D eigenvalue weighted by Crippen LogP contribution is -2.07. The summed E-state index contributed by atoms with van der Waals surface area (Å²) in [6.45, 7) is 1.76. The normalized spacial score (nSPS) is 10.1. The SMILES string of the molecule is CCOC(=O)c1cc(C#N)c(I)c(C(F)F)c1. The first-order chi connectivity index (χ1) is 8.01. The Kier molecular flexibility index (Phi) is 4.81. The molecule has 0 N–H and O–H groups in total. The first-order valence-corrected chi connectivity index (χ1v) is 5.78. The van der Waals surface area contributed by atoms with Crippen LogP contribution in [-0.2, 0) is 4.74 Å². The molecule has 0 fully saturated rings. The predicted octanol–water partition coefficient (Wildman–Crippen LogP) is 3.28. The van der Waals surface area contributed by atoms with Gasteiger partial charge in [-0.1, -0.05) is 0 Å². The van der Waals surface area contributed by atoms with E-state index in [1.54, 1.807) is 35.6 Å². The summed E-state index contributed by atoms with van der Waals surface area (Å²) in [6.07, 6.45) is -2.73. The van der Waals surface area contributed by atoms with Crippen LogP contribution in [0.15, 0.2) is 12.1 Å². The van der Waals surface area contributed by atoms with E-state index in [2.05, 4.69) is 0 Å². The average Bonchev–Trinajstić information content (AvgIpc) is 2.29. The Balaban J connectivity index is 3.31. The molecule has 1 rings (SSSR count). The average molecular weight is 351 g/mol. The van der Waals surface area contributed by atoms with Crippen molar-refractivity contribution in [2.75, 3.05) is 6.61 Å². The van der Waals surface area contributed by atoms with Gasteiger partial charge in [0.2, 0.25) is 0 Å². The third-order valence-corrected chi connectivity index (χ3v) is 3.17. The quantitative estimate of drug-likeness (QED) is 0.620. The third-order valence-electron chi connectivity index (χ3n) is 1.97. The molecule has 0 aromatic heterocycles. The molecule has 0 aliphatic heterocycles. The van der Waals surface area contributed by atoms with Crippen LogP contribution in [0, 0.1) is 14.9 Å². The number of halogens is 3. The van der Waals surface area contributed by atoms with Gasteiger partial charge in [-0.25, -0.2) is 13.6 Å². The second kappa shape index (κ2) is 5.91. The van der Waals surface area contributed by atoms with Crippen molar-refractivity contribution in [1.82, 2.24) is 0 Å². The van der Waals surface area contributed by atoms with E-state index in [9.17, 15) is 13.6 Å². The van der Waals surface area contributed by atoms with Crippen molar-refractivity contribution >= 4 is 28.6 Å². The van der Waals surface area contributed by atoms with E-state index in [0.717, 1.165) is 6.07 Å². The summed E-state index contributed by atoms with van der Waals surface area (Å²) < 4.78 is 30.3. The molecule has 0 spiro atoms. The molecule has 0 bridgehead atoms. The highest BCUT2D eigenvalue weighted by Crippen LogP contribution is 2.28. The number of ether oxygens (including phenoxy) is 1. The molecule has 0 radical (unpaired) electrons. The molecule has 17 heavy (non-hydrogen) atoms. The summed E-state index contributed by atoms with van der Waals surface area (Å²) in [7, 11) is 0. The summed E-state index contributed by atoms with van der Waals surface area (Å²) >= 11 is 1.66. The minimum Gasteiger partial charge on any atom is -0.462 e. The lowest BCUT2D eigenvalue weighted by Gasteiger charge is -2.08. The molecule has 1 aromatic rings. The number of rotatable bonds is 3. The number of benzene rings is 1. The van der Waals surface area contributed by atoms with Crippen molar-refractivity contribution in [2.24, 2.45) is 0 Å². The lowest BCUT2D eigenvalue weighted by molar-refractivity contribution is 0.0526. The molecule has 3 nitrogen and oxygen atoms in total. The summed E-state index contributed by atoms with van der Waals surface area (Å²) in [6, 6.07) is 4.10. The fourth-order valence-electron chi connectivity index (χ4n) is 1.22. The molecule has 0 heterocycles. The number of carbonyl (C=O) groups excluding carboxylic acids is 1. The van der Waals surface area contributed by atoms with E-state index in [-0.39, 0.29) is 26.9 Å². The van der Waals surface area contributed by atoms with Crippen LogP contribution in [-0.4, -0.2) is 12.6 Å². The van der Waals surface area contributed by atoms with Gasteiger partial charge in [0.1, 0.15) is 6.07 Å². The number of alkyl halides is 2. The molecule has 0 saturated carbocycles. The van der Waals surface area contributed by atoms with Gasteiger partial charge in [-0.05, 0) is 41.6 Å². The van der Waals surface area contributed by atoms with Crippen molar-refractivity contribution in [2.45, 2.75) is 13.3 Å². The highest BCUT2D eigenvalue weighted by atomic mass is 127. The molecule has 1 aromatic carbocycles. The Hall–Kier alpha value is -1.23. The maximum absolute atomic E-state index is 12.7. The van der Waals surface area contributed by atoms with Gasteiger partial charge in [-0.2, -0.15) is 5.26 Å². The van der Waals surface area contributed by atoms with E-state index in [1.165, 1.54) is 6.07 Å². The number of nitriles is 1. The smallest absolute Gasteiger partial charge is 0.338 e. The molecule has 0 amide bonds. The Bertz CT molecular complexity index is 483. The third kappa shape index (κ3) is 3.12.